The van der Waals surface area contributed by atoms with Crippen LogP contribution >= 0.6 is 35.4 Å². The molecule has 5 nitrogen and oxygen atoms in total. The molecule has 3 rings (SSSR count). The molecule has 0 unspecified atom stereocenters. The van der Waals surface area contributed by atoms with Crippen LogP contribution in [0.15, 0.2) is 42.5 Å². The number of benzene rings is 2. The molecule has 2 N–H and O–H groups in total. The van der Waals surface area contributed by atoms with Crippen LogP contribution in [0.3, 0.4) is 0 Å². The summed E-state index contributed by atoms with van der Waals surface area (Å²) >= 11 is 17.1. The number of carbonyl (C=O) groups excluding carboxylic acids is 2. The predicted molar refractivity (Wildman–Crippen MR) is 121 cm³/mol. The van der Waals surface area contributed by atoms with Crippen LogP contribution in [0.5, 0.6) is 0 Å². The molecule has 0 radical (unpaired) electrons. The van der Waals surface area contributed by atoms with Crippen molar-refractivity contribution < 1.29 is 9.59 Å². The van der Waals surface area contributed by atoms with Crippen LogP contribution in [0.2, 0.25) is 10.0 Å². The van der Waals surface area contributed by atoms with Gasteiger partial charge in [0.1, 0.15) is 0 Å². The van der Waals surface area contributed by atoms with Crippen molar-refractivity contribution in [3.8, 4) is 0 Å². The van der Waals surface area contributed by atoms with Gasteiger partial charge in [-0.2, -0.15) is 0 Å². The molecule has 0 bridgehead atoms. The minimum Gasteiger partial charge on any atom is -0.339 e. The number of piperidine rings is 1. The summed E-state index contributed by atoms with van der Waals surface area (Å²) < 4.78 is 0. The summed E-state index contributed by atoms with van der Waals surface area (Å²) in [6.45, 7) is 3.68. The largest absolute Gasteiger partial charge is 0.339 e. The van der Waals surface area contributed by atoms with Crippen LogP contribution in [-0.4, -0.2) is 34.9 Å². The van der Waals surface area contributed by atoms with Gasteiger partial charge in [-0.15, -0.1) is 0 Å². The highest BCUT2D eigenvalue weighted by Crippen LogP contribution is 2.22. The first kappa shape index (κ1) is 21.6. The van der Waals surface area contributed by atoms with Crippen LogP contribution in [0.25, 0.3) is 0 Å². The number of rotatable bonds is 3. The van der Waals surface area contributed by atoms with Crippen molar-refractivity contribution in [3.63, 3.8) is 0 Å². The van der Waals surface area contributed by atoms with Crippen LogP contribution in [0.1, 0.15) is 40.5 Å². The molecule has 2 amide bonds. The lowest BCUT2D eigenvalue weighted by Crippen LogP contribution is -2.39. The van der Waals surface area contributed by atoms with Crippen molar-refractivity contribution in [2.45, 2.75) is 19.8 Å². The van der Waals surface area contributed by atoms with E-state index < -0.39 is 5.91 Å². The Kier molecular flexibility index (Phi) is 7.11. The fraction of sp³-hybridized carbons (Fsp3) is 0.286. The predicted octanol–water partition coefficient (Wildman–Crippen LogP) is 4.99. The molecule has 2 aromatic rings. The molecule has 1 aliphatic heterocycles. The second-order valence-corrected chi connectivity index (χ2v) is 8.37. The summed E-state index contributed by atoms with van der Waals surface area (Å²) in [7, 11) is 0. The van der Waals surface area contributed by atoms with E-state index in [1.54, 1.807) is 30.3 Å². The molecule has 1 fully saturated rings. The lowest BCUT2D eigenvalue weighted by molar-refractivity contribution is 0.0698. The highest BCUT2D eigenvalue weighted by atomic mass is 35.5. The van der Waals surface area contributed by atoms with Crippen molar-refractivity contribution in [2.24, 2.45) is 5.92 Å². The molecule has 29 heavy (non-hydrogen) atoms. The zero-order valence-electron chi connectivity index (χ0n) is 15.9. The van der Waals surface area contributed by atoms with E-state index in [4.69, 9.17) is 35.4 Å². The van der Waals surface area contributed by atoms with Gasteiger partial charge in [-0.05, 0) is 61.3 Å². The Morgan fingerprint density at radius 2 is 1.69 bits per heavy atom. The van der Waals surface area contributed by atoms with Gasteiger partial charge >= 0.3 is 0 Å². The number of para-hydroxylation sites is 1. The summed E-state index contributed by atoms with van der Waals surface area (Å²) in [5, 5.41) is 6.34. The summed E-state index contributed by atoms with van der Waals surface area (Å²) in [5.74, 6) is 0.145. The number of thiocarbonyl (C=S) groups is 1. The maximum absolute atomic E-state index is 13.0. The lowest BCUT2D eigenvalue weighted by Gasteiger charge is -2.30. The number of likely N-dealkylation sites (tertiary alicyclic amines) is 1. The maximum atomic E-state index is 13.0. The normalized spacial score (nSPS) is 14.4. The Morgan fingerprint density at radius 1 is 1.07 bits per heavy atom. The Balaban J connectivity index is 1.69. The van der Waals surface area contributed by atoms with Gasteiger partial charge < -0.3 is 10.2 Å². The average molecular weight is 450 g/mol. The van der Waals surface area contributed by atoms with E-state index in [9.17, 15) is 9.59 Å². The third kappa shape index (κ3) is 5.69. The number of carbonyl (C=O) groups is 2. The highest BCUT2D eigenvalue weighted by molar-refractivity contribution is 7.80. The molecule has 0 spiro atoms. The SMILES string of the molecule is CC1CCN(C(=O)c2ccccc2NC(=S)NC(=O)c2cc(Cl)cc(Cl)c2)CC1. The quantitative estimate of drug-likeness (QED) is 0.647. The van der Waals surface area contributed by atoms with E-state index >= 15 is 0 Å². The smallest absolute Gasteiger partial charge is 0.257 e. The van der Waals surface area contributed by atoms with E-state index in [0.717, 1.165) is 25.9 Å². The van der Waals surface area contributed by atoms with Crippen molar-refractivity contribution >= 4 is 58.0 Å². The van der Waals surface area contributed by atoms with E-state index in [-0.39, 0.29) is 11.0 Å². The zero-order chi connectivity index (χ0) is 21.0. The Morgan fingerprint density at radius 3 is 2.34 bits per heavy atom. The second-order valence-electron chi connectivity index (χ2n) is 7.09. The molecule has 0 aromatic heterocycles. The maximum Gasteiger partial charge on any atom is 0.257 e. The van der Waals surface area contributed by atoms with Crippen LogP contribution in [0.4, 0.5) is 5.69 Å². The summed E-state index contributed by atoms with van der Waals surface area (Å²) in [6.07, 6.45) is 2.00. The molecular formula is C21H21Cl2N3O2S. The van der Waals surface area contributed by atoms with Crippen molar-refractivity contribution in [3.05, 3.63) is 63.6 Å². The molecule has 1 saturated heterocycles. The van der Waals surface area contributed by atoms with Crippen molar-refractivity contribution in [1.82, 2.24) is 10.2 Å². The summed E-state index contributed by atoms with van der Waals surface area (Å²) in [4.78, 5) is 27.2. The summed E-state index contributed by atoms with van der Waals surface area (Å²) in [6, 6.07) is 11.7. The topological polar surface area (TPSA) is 61.4 Å². The second kappa shape index (κ2) is 9.57. The fourth-order valence-electron chi connectivity index (χ4n) is 3.17. The van der Waals surface area contributed by atoms with Gasteiger partial charge in [-0.25, -0.2) is 0 Å². The number of nitrogens with zero attached hydrogens (tertiary/aromatic N) is 1. The fourth-order valence-corrected chi connectivity index (χ4v) is 3.90. The van der Waals surface area contributed by atoms with Gasteiger partial charge in [0.15, 0.2) is 5.11 Å². The number of amides is 2. The molecule has 0 atom stereocenters. The third-order valence-corrected chi connectivity index (χ3v) is 5.47. The molecular weight excluding hydrogens is 429 g/mol. The first-order chi connectivity index (χ1) is 13.8. The van der Waals surface area contributed by atoms with E-state index in [1.807, 2.05) is 4.90 Å². The van der Waals surface area contributed by atoms with E-state index in [2.05, 4.69) is 17.6 Å². The molecule has 2 aromatic carbocycles. The van der Waals surface area contributed by atoms with E-state index in [0.29, 0.717) is 32.8 Å². The van der Waals surface area contributed by atoms with Crippen LogP contribution < -0.4 is 10.6 Å². The molecule has 1 aliphatic rings. The first-order valence-corrected chi connectivity index (χ1v) is 10.5. The monoisotopic (exact) mass is 449 g/mol. The Labute approximate surface area is 185 Å². The standard InChI is InChI=1S/C21H21Cl2N3O2S/c1-13-6-8-26(9-7-13)20(28)17-4-2-3-5-18(17)24-21(29)25-19(27)14-10-15(22)12-16(23)11-14/h2-5,10-13H,6-9H2,1H3,(H2,24,25,27,29). The number of nitrogens with one attached hydrogen (secondary N) is 2. The van der Waals surface area contributed by atoms with Crippen molar-refractivity contribution in [2.75, 3.05) is 18.4 Å². The van der Waals surface area contributed by atoms with Crippen molar-refractivity contribution in [1.29, 1.82) is 0 Å². The van der Waals surface area contributed by atoms with Gasteiger partial charge in [0.05, 0.1) is 11.3 Å². The molecule has 0 saturated carbocycles. The Hall–Kier alpha value is -2.15. The number of hydrogen-bond acceptors (Lipinski definition) is 3. The van der Waals surface area contributed by atoms with Gasteiger partial charge in [-0.3, -0.25) is 14.9 Å². The number of halogens is 2. The van der Waals surface area contributed by atoms with Gasteiger partial charge in [-0.1, -0.05) is 42.3 Å². The zero-order valence-corrected chi connectivity index (χ0v) is 18.2. The lowest BCUT2D eigenvalue weighted by atomic mass is 9.98. The van der Waals surface area contributed by atoms with Crippen LogP contribution in [0, 0.1) is 5.92 Å². The number of hydrogen-bond donors (Lipinski definition) is 2. The molecule has 1 heterocycles. The van der Waals surface area contributed by atoms with Gasteiger partial charge in [0.2, 0.25) is 0 Å². The summed E-state index contributed by atoms with van der Waals surface area (Å²) in [5.41, 5.74) is 1.36. The molecule has 8 heteroatoms. The van der Waals surface area contributed by atoms with Gasteiger partial charge in [0.25, 0.3) is 11.8 Å². The number of anilines is 1. The molecule has 152 valence electrons. The minimum absolute atomic E-state index is 0.0456. The first-order valence-electron chi connectivity index (χ1n) is 9.30. The highest BCUT2D eigenvalue weighted by Gasteiger charge is 2.23. The minimum atomic E-state index is -0.444. The van der Waals surface area contributed by atoms with Gasteiger partial charge in [0, 0.05) is 28.7 Å². The van der Waals surface area contributed by atoms with Crippen LogP contribution in [-0.2, 0) is 0 Å². The average Bonchev–Trinajstić information content (AvgIpc) is 2.67. The third-order valence-electron chi connectivity index (χ3n) is 4.83. The molecule has 0 aliphatic carbocycles. The van der Waals surface area contributed by atoms with E-state index in [1.165, 1.54) is 12.1 Å². The Bertz CT molecular complexity index is 923.